The molecule has 0 spiro atoms. The predicted octanol–water partition coefficient (Wildman–Crippen LogP) is 5.48. The van der Waals surface area contributed by atoms with Crippen molar-refractivity contribution in [3.05, 3.63) is 59.8 Å². The Hall–Kier alpha value is -2.17. The SMILES string of the molecule is CCC/C=C(\c1ccc(-c2ccc(F)cn2)cc1F)C(F)F. The molecule has 1 heterocycles. The van der Waals surface area contributed by atoms with E-state index in [1.165, 1.54) is 30.3 Å². The van der Waals surface area contributed by atoms with Gasteiger partial charge in [0.25, 0.3) is 6.43 Å². The van der Waals surface area contributed by atoms with Crippen molar-refractivity contribution in [3.8, 4) is 11.3 Å². The largest absolute Gasteiger partial charge is 0.264 e. The lowest BCUT2D eigenvalue weighted by molar-refractivity contribution is 0.214. The van der Waals surface area contributed by atoms with Crippen LogP contribution in [-0.4, -0.2) is 11.4 Å². The number of aromatic nitrogens is 1. The van der Waals surface area contributed by atoms with Crippen LogP contribution in [0.15, 0.2) is 42.6 Å². The summed E-state index contributed by atoms with van der Waals surface area (Å²) in [5.41, 5.74) is 0.362. The number of benzene rings is 1. The van der Waals surface area contributed by atoms with Gasteiger partial charge in [-0.3, -0.25) is 4.98 Å². The van der Waals surface area contributed by atoms with Crippen LogP contribution in [0.5, 0.6) is 0 Å². The highest BCUT2D eigenvalue weighted by atomic mass is 19.3. The number of hydrogen-bond donors (Lipinski definition) is 0. The summed E-state index contributed by atoms with van der Waals surface area (Å²) in [7, 11) is 0. The van der Waals surface area contributed by atoms with Gasteiger partial charge in [0, 0.05) is 16.7 Å². The van der Waals surface area contributed by atoms with Crippen LogP contribution in [0.4, 0.5) is 17.6 Å². The summed E-state index contributed by atoms with van der Waals surface area (Å²) in [6.45, 7) is 1.86. The normalized spacial score (nSPS) is 12.0. The van der Waals surface area contributed by atoms with Crippen molar-refractivity contribution in [2.75, 3.05) is 0 Å². The van der Waals surface area contributed by atoms with E-state index in [-0.39, 0.29) is 11.1 Å². The molecule has 0 unspecified atom stereocenters. The first-order valence-electron chi connectivity index (χ1n) is 6.93. The lowest BCUT2D eigenvalue weighted by Gasteiger charge is -2.10. The molecule has 1 aromatic heterocycles. The zero-order chi connectivity index (χ0) is 16.1. The number of unbranched alkanes of at least 4 members (excludes halogenated alkanes) is 1. The predicted molar refractivity (Wildman–Crippen MR) is 78.5 cm³/mol. The fourth-order valence-corrected chi connectivity index (χ4v) is 2.07. The van der Waals surface area contributed by atoms with Crippen LogP contribution >= 0.6 is 0 Å². The van der Waals surface area contributed by atoms with Crippen molar-refractivity contribution in [3.63, 3.8) is 0 Å². The van der Waals surface area contributed by atoms with Crippen LogP contribution in [0.1, 0.15) is 25.3 Å². The van der Waals surface area contributed by atoms with Gasteiger partial charge in [0.2, 0.25) is 0 Å². The van der Waals surface area contributed by atoms with Gasteiger partial charge in [-0.1, -0.05) is 31.6 Å². The molecule has 0 saturated heterocycles. The molecule has 116 valence electrons. The van der Waals surface area contributed by atoms with Gasteiger partial charge in [-0.25, -0.2) is 17.6 Å². The van der Waals surface area contributed by atoms with Gasteiger partial charge in [-0.05, 0) is 24.6 Å². The second-order valence-electron chi connectivity index (χ2n) is 4.81. The van der Waals surface area contributed by atoms with E-state index in [0.29, 0.717) is 24.1 Å². The Morgan fingerprint density at radius 2 is 1.95 bits per heavy atom. The number of alkyl halides is 2. The number of pyridine rings is 1. The van der Waals surface area contributed by atoms with E-state index in [9.17, 15) is 17.6 Å². The fraction of sp³-hybridized carbons (Fsp3) is 0.235. The Kier molecular flexibility index (Phi) is 5.31. The van der Waals surface area contributed by atoms with Crippen molar-refractivity contribution in [1.29, 1.82) is 0 Å². The first-order chi connectivity index (χ1) is 10.5. The third kappa shape index (κ3) is 3.72. The third-order valence-corrected chi connectivity index (χ3v) is 3.19. The Balaban J connectivity index is 2.38. The number of nitrogens with zero attached hydrogens (tertiary/aromatic N) is 1. The molecule has 0 aliphatic rings. The second-order valence-corrected chi connectivity index (χ2v) is 4.81. The molecular weight excluding hydrogens is 294 g/mol. The maximum absolute atomic E-state index is 14.2. The minimum atomic E-state index is -2.74. The molecule has 0 fully saturated rings. The average molecular weight is 309 g/mol. The van der Waals surface area contributed by atoms with Gasteiger partial charge >= 0.3 is 0 Å². The number of hydrogen-bond acceptors (Lipinski definition) is 1. The first kappa shape index (κ1) is 16.2. The van der Waals surface area contributed by atoms with Crippen molar-refractivity contribution in [1.82, 2.24) is 4.98 Å². The van der Waals surface area contributed by atoms with Crippen LogP contribution in [0.2, 0.25) is 0 Å². The van der Waals surface area contributed by atoms with Gasteiger partial charge in [-0.15, -0.1) is 0 Å². The molecule has 0 amide bonds. The van der Waals surface area contributed by atoms with Gasteiger partial charge < -0.3 is 0 Å². The topological polar surface area (TPSA) is 12.9 Å². The quantitative estimate of drug-likeness (QED) is 0.667. The van der Waals surface area contributed by atoms with E-state index in [0.717, 1.165) is 12.3 Å². The van der Waals surface area contributed by atoms with E-state index in [2.05, 4.69) is 4.98 Å². The molecule has 0 aliphatic carbocycles. The molecule has 2 rings (SSSR count). The molecule has 0 radical (unpaired) electrons. The Labute approximate surface area is 126 Å². The summed E-state index contributed by atoms with van der Waals surface area (Å²) in [5.74, 6) is -1.24. The number of halogens is 4. The van der Waals surface area contributed by atoms with Crippen LogP contribution in [0.3, 0.4) is 0 Å². The van der Waals surface area contributed by atoms with Crippen LogP contribution < -0.4 is 0 Å². The minimum absolute atomic E-state index is 0.116. The highest BCUT2D eigenvalue weighted by Gasteiger charge is 2.17. The van der Waals surface area contributed by atoms with Crippen LogP contribution in [0.25, 0.3) is 16.8 Å². The zero-order valence-corrected chi connectivity index (χ0v) is 12.0. The summed E-state index contributed by atoms with van der Waals surface area (Å²) in [6, 6.07) is 6.56. The monoisotopic (exact) mass is 309 g/mol. The highest BCUT2D eigenvalue weighted by molar-refractivity contribution is 5.71. The van der Waals surface area contributed by atoms with Gasteiger partial charge in [-0.2, -0.15) is 0 Å². The molecule has 2 aromatic rings. The Morgan fingerprint density at radius 1 is 1.18 bits per heavy atom. The van der Waals surface area contributed by atoms with Crippen LogP contribution in [-0.2, 0) is 0 Å². The van der Waals surface area contributed by atoms with Crippen LogP contribution in [0, 0.1) is 11.6 Å². The number of allylic oxidation sites excluding steroid dienone is 2. The molecule has 5 heteroatoms. The minimum Gasteiger partial charge on any atom is -0.253 e. The third-order valence-electron chi connectivity index (χ3n) is 3.19. The lowest BCUT2D eigenvalue weighted by atomic mass is 10.0. The van der Waals surface area contributed by atoms with Crippen molar-refractivity contribution >= 4 is 5.57 Å². The lowest BCUT2D eigenvalue weighted by Crippen LogP contribution is -2.00. The average Bonchev–Trinajstić information content (AvgIpc) is 2.49. The molecule has 0 saturated carbocycles. The molecular formula is C17H15F4N. The van der Waals surface area contributed by atoms with Crippen molar-refractivity contribution < 1.29 is 17.6 Å². The smallest absolute Gasteiger partial charge is 0.253 e. The van der Waals surface area contributed by atoms with E-state index in [1.807, 2.05) is 6.92 Å². The second kappa shape index (κ2) is 7.20. The van der Waals surface area contributed by atoms with E-state index >= 15 is 0 Å². The highest BCUT2D eigenvalue weighted by Crippen LogP contribution is 2.28. The van der Waals surface area contributed by atoms with E-state index < -0.39 is 18.1 Å². The summed E-state index contributed by atoms with van der Waals surface area (Å²) >= 11 is 0. The maximum Gasteiger partial charge on any atom is 0.264 e. The standard InChI is InChI=1S/C17H15F4N/c1-2-3-4-14(17(20)21)13-7-5-11(9-15(13)19)16-8-6-12(18)10-22-16/h4-10,17H,2-3H2,1H3/b14-4+. The van der Waals surface area contributed by atoms with E-state index in [4.69, 9.17) is 0 Å². The summed E-state index contributed by atoms with van der Waals surface area (Å²) < 4.78 is 53.1. The molecule has 0 atom stereocenters. The molecule has 22 heavy (non-hydrogen) atoms. The molecule has 0 bridgehead atoms. The van der Waals surface area contributed by atoms with Gasteiger partial charge in [0.15, 0.2) is 0 Å². The van der Waals surface area contributed by atoms with Crippen molar-refractivity contribution in [2.45, 2.75) is 26.2 Å². The Bertz CT molecular complexity index is 663. The molecule has 1 aromatic carbocycles. The Morgan fingerprint density at radius 3 is 2.50 bits per heavy atom. The summed E-state index contributed by atoms with van der Waals surface area (Å²) in [4.78, 5) is 3.84. The summed E-state index contributed by atoms with van der Waals surface area (Å²) in [6.07, 6.45) is 0.803. The first-order valence-corrected chi connectivity index (χ1v) is 6.93. The van der Waals surface area contributed by atoms with Crippen molar-refractivity contribution in [2.24, 2.45) is 0 Å². The number of rotatable bonds is 5. The fourth-order valence-electron chi connectivity index (χ4n) is 2.07. The maximum atomic E-state index is 14.2. The molecule has 1 nitrogen and oxygen atoms in total. The van der Waals surface area contributed by atoms with Gasteiger partial charge in [0.1, 0.15) is 11.6 Å². The van der Waals surface area contributed by atoms with Gasteiger partial charge in [0.05, 0.1) is 11.9 Å². The van der Waals surface area contributed by atoms with E-state index in [1.54, 1.807) is 0 Å². The molecule has 0 aliphatic heterocycles. The summed E-state index contributed by atoms with van der Waals surface area (Å²) in [5, 5.41) is 0. The zero-order valence-electron chi connectivity index (χ0n) is 12.0. The molecule has 0 N–H and O–H groups in total.